The average molecular weight is 507 g/mol. The minimum atomic E-state index is -0.653. The lowest BCUT2D eigenvalue weighted by Gasteiger charge is -2.38. The van der Waals surface area contributed by atoms with Crippen molar-refractivity contribution < 1.29 is 13.9 Å². The molecule has 1 aliphatic rings. The average Bonchev–Trinajstić information content (AvgIpc) is 3.33. The first-order valence-electron chi connectivity index (χ1n) is 12.2. The highest BCUT2D eigenvalue weighted by molar-refractivity contribution is 5.68. The SMILES string of the molecule is C[C@H](NC(=O)OC(C)(C)C)[C@H](Nc1nc(Nc2cncc(-n3cccn3)c2)c(C#N)cc1F)C1CCC1. The third-order valence-corrected chi connectivity index (χ3v) is 6.10. The van der Waals surface area contributed by atoms with E-state index in [0.29, 0.717) is 11.4 Å². The molecule has 11 heteroatoms. The predicted molar refractivity (Wildman–Crippen MR) is 137 cm³/mol. The van der Waals surface area contributed by atoms with Crippen molar-refractivity contribution >= 4 is 23.4 Å². The van der Waals surface area contributed by atoms with Gasteiger partial charge in [-0.15, -0.1) is 0 Å². The smallest absolute Gasteiger partial charge is 0.407 e. The topological polar surface area (TPSA) is 130 Å². The number of carbonyl (C=O) groups is 1. The number of hydrogen-bond acceptors (Lipinski definition) is 8. The Labute approximate surface area is 215 Å². The maximum Gasteiger partial charge on any atom is 0.407 e. The molecule has 1 fully saturated rings. The second kappa shape index (κ2) is 10.8. The molecule has 3 heterocycles. The molecule has 3 N–H and O–H groups in total. The standard InChI is InChI=1S/C26H31FN8O2/c1-16(31-25(36)37-26(2,3)4)22(17-7-5-8-17)33-24-21(27)11-18(13-28)23(34-24)32-19-12-20(15-29-14-19)35-10-6-9-30-35/h6,9-12,14-17,22H,5,7-8H2,1-4H3,(H,31,36)(H2,32,33,34)/t16-,22-/m0/s1. The van der Waals surface area contributed by atoms with E-state index >= 15 is 4.39 Å². The highest BCUT2D eigenvalue weighted by atomic mass is 19.1. The van der Waals surface area contributed by atoms with Gasteiger partial charge < -0.3 is 20.7 Å². The van der Waals surface area contributed by atoms with Crippen LogP contribution in [0.3, 0.4) is 0 Å². The fourth-order valence-electron chi connectivity index (χ4n) is 4.14. The van der Waals surface area contributed by atoms with Crippen LogP contribution < -0.4 is 16.0 Å². The molecule has 0 aliphatic heterocycles. The van der Waals surface area contributed by atoms with Gasteiger partial charge in [-0.05, 0) is 64.7 Å². The van der Waals surface area contributed by atoms with E-state index in [2.05, 4.69) is 31.0 Å². The summed E-state index contributed by atoms with van der Waals surface area (Å²) in [4.78, 5) is 21.0. The van der Waals surface area contributed by atoms with Crippen LogP contribution >= 0.6 is 0 Å². The number of alkyl carbamates (subject to hydrolysis) is 1. The maximum atomic E-state index is 15.1. The van der Waals surface area contributed by atoms with E-state index in [1.165, 1.54) is 0 Å². The molecule has 1 amide bonds. The first-order valence-corrected chi connectivity index (χ1v) is 12.2. The third kappa shape index (κ3) is 6.52. The summed E-state index contributed by atoms with van der Waals surface area (Å²) in [5.41, 5.74) is 0.687. The van der Waals surface area contributed by atoms with E-state index in [4.69, 9.17) is 4.74 Å². The summed E-state index contributed by atoms with van der Waals surface area (Å²) in [5, 5.41) is 22.9. The quantitative estimate of drug-likeness (QED) is 0.393. The van der Waals surface area contributed by atoms with Crippen LogP contribution in [-0.2, 0) is 4.74 Å². The van der Waals surface area contributed by atoms with Crippen molar-refractivity contribution in [3.05, 3.63) is 54.4 Å². The molecule has 4 rings (SSSR count). The Morgan fingerprint density at radius 1 is 1.27 bits per heavy atom. The van der Waals surface area contributed by atoms with E-state index in [9.17, 15) is 10.1 Å². The van der Waals surface area contributed by atoms with Crippen molar-refractivity contribution in [1.29, 1.82) is 5.26 Å². The summed E-state index contributed by atoms with van der Waals surface area (Å²) in [5.74, 6) is -0.245. The van der Waals surface area contributed by atoms with Crippen LogP contribution in [0, 0.1) is 23.1 Å². The van der Waals surface area contributed by atoms with Gasteiger partial charge in [-0.2, -0.15) is 10.4 Å². The van der Waals surface area contributed by atoms with Crippen LogP contribution in [0.1, 0.15) is 52.5 Å². The Hall–Kier alpha value is -4.20. The Bertz CT molecular complexity index is 1280. The number of amides is 1. The normalized spacial score (nSPS) is 15.1. The van der Waals surface area contributed by atoms with Gasteiger partial charge in [-0.1, -0.05) is 6.42 Å². The Balaban J connectivity index is 1.57. The number of aromatic nitrogens is 4. The molecule has 3 aromatic heterocycles. The molecular weight excluding hydrogens is 475 g/mol. The first kappa shape index (κ1) is 25.9. The highest BCUT2D eigenvalue weighted by Crippen LogP contribution is 2.34. The zero-order chi connectivity index (χ0) is 26.6. The van der Waals surface area contributed by atoms with Crippen molar-refractivity contribution in [2.24, 2.45) is 5.92 Å². The van der Waals surface area contributed by atoms with E-state index in [1.807, 2.05) is 13.0 Å². The lowest BCUT2D eigenvalue weighted by molar-refractivity contribution is 0.0492. The number of carbonyl (C=O) groups excluding carboxylic acids is 1. The monoisotopic (exact) mass is 506 g/mol. The number of ether oxygens (including phenoxy) is 1. The van der Waals surface area contributed by atoms with Crippen molar-refractivity contribution in [2.75, 3.05) is 10.6 Å². The number of nitrogens with zero attached hydrogens (tertiary/aromatic N) is 5. The second-order valence-corrected chi connectivity index (χ2v) is 10.1. The molecule has 0 bridgehead atoms. The van der Waals surface area contributed by atoms with Gasteiger partial charge in [0.05, 0.1) is 35.4 Å². The molecule has 10 nitrogen and oxygen atoms in total. The molecule has 0 aromatic carbocycles. The third-order valence-electron chi connectivity index (χ3n) is 6.10. The van der Waals surface area contributed by atoms with Crippen molar-refractivity contribution in [1.82, 2.24) is 25.1 Å². The lowest BCUT2D eigenvalue weighted by Crippen LogP contribution is -2.51. The highest BCUT2D eigenvalue weighted by Gasteiger charge is 2.34. The van der Waals surface area contributed by atoms with Crippen molar-refractivity contribution in [3.63, 3.8) is 0 Å². The molecule has 0 unspecified atom stereocenters. The molecule has 0 radical (unpaired) electrons. The first-order chi connectivity index (χ1) is 17.6. The van der Waals surface area contributed by atoms with Gasteiger partial charge >= 0.3 is 6.09 Å². The lowest BCUT2D eigenvalue weighted by atomic mass is 9.77. The Morgan fingerprint density at radius 2 is 2.05 bits per heavy atom. The van der Waals surface area contributed by atoms with Gasteiger partial charge in [0.25, 0.3) is 0 Å². The minimum Gasteiger partial charge on any atom is -0.444 e. The second-order valence-electron chi connectivity index (χ2n) is 10.1. The summed E-state index contributed by atoms with van der Waals surface area (Å²) in [6, 6.07) is 6.09. The number of halogens is 1. The van der Waals surface area contributed by atoms with Gasteiger partial charge in [0.2, 0.25) is 0 Å². The molecule has 0 saturated heterocycles. The van der Waals surface area contributed by atoms with E-state index in [1.54, 1.807) is 62.4 Å². The van der Waals surface area contributed by atoms with Crippen LogP contribution in [0.4, 0.5) is 26.5 Å². The fourth-order valence-corrected chi connectivity index (χ4v) is 4.14. The summed E-state index contributed by atoms with van der Waals surface area (Å²) in [6.45, 7) is 7.24. The molecule has 3 aromatic rings. The number of hydrogen-bond donors (Lipinski definition) is 3. The zero-order valence-electron chi connectivity index (χ0n) is 21.3. The van der Waals surface area contributed by atoms with E-state index in [0.717, 1.165) is 25.3 Å². The van der Waals surface area contributed by atoms with Gasteiger partial charge in [0.15, 0.2) is 17.5 Å². The maximum absolute atomic E-state index is 15.1. The number of nitriles is 1. The van der Waals surface area contributed by atoms with Crippen LogP contribution in [0.2, 0.25) is 0 Å². The molecular formula is C26H31FN8O2. The van der Waals surface area contributed by atoms with Crippen LogP contribution in [0.5, 0.6) is 0 Å². The number of pyridine rings is 2. The Kier molecular flexibility index (Phi) is 7.57. The van der Waals surface area contributed by atoms with Crippen molar-refractivity contribution in [2.45, 2.75) is 64.6 Å². The predicted octanol–water partition coefficient (Wildman–Crippen LogP) is 4.91. The van der Waals surface area contributed by atoms with Gasteiger partial charge in [-0.3, -0.25) is 4.98 Å². The number of rotatable bonds is 8. The molecule has 194 valence electrons. The molecule has 2 atom stereocenters. The molecule has 0 spiro atoms. The van der Waals surface area contributed by atoms with Crippen LogP contribution in [0.15, 0.2) is 43.0 Å². The zero-order valence-corrected chi connectivity index (χ0v) is 21.3. The van der Waals surface area contributed by atoms with E-state index < -0.39 is 17.5 Å². The molecule has 1 aliphatic carbocycles. The summed E-state index contributed by atoms with van der Waals surface area (Å²) < 4.78 is 22.1. The largest absolute Gasteiger partial charge is 0.444 e. The fraction of sp³-hybridized carbons (Fsp3) is 0.423. The summed E-state index contributed by atoms with van der Waals surface area (Å²) in [7, 11) is 0. The van der Waals surface area contributed by atoms with Crippen molar-refractivity contribution in [3.8, 4) is 11.8 Å². The van der Waals surface area contributed by atoms with Crippen LogP contribution in [-0.4, -0.2) is 43.5 Å². The van der Waals surface area contributed by atoms with Gasteiger partial charge in [0, 0.05) is 18.4 Å². The number of anilines is 3. The summed E-state index contributed by atoms with van der Waals surface area (Å²) in [6.07, 6.45) is 9.10. The molecule has 37 heavy (non-hydrogen) atoms. The minimum absolute atomic E-state index is 0.00701. The van der Waals surface area contributed by atoms with Gasteiger partial charge in [0.1, 0.15) is 11.7 Å². The molecule has 1 saturated carbocycles. The number of nitrogens with one attached hydrogen (secondary N) is 3. The summed E-state index contributed by atoms with van der Waals surface area (Å²) >= 11 is 0. The van der Waals surface area contributed by atoms with Gasteiger partial charge in [-0.25, -0.2) is 18.9 Å². The van der Waals surface area contributed by atoms with Crippen LogP contribution in [0.25, 0.3) is 5.69 Å². The Morgan fingerprint density at radius 3 is 2.68 bits per heavy atom. The van der Waals surface area contributed by atoms with E-state index in [-0.39, 0.29) is 35.2 Å².